The molecular weight excluding hydrogens is 430 g/mol. The van der Waals surface area contributed by atoms with E-state index in [1.165, 1.54) is 18.5 Å². The molecule has 1 amide bonds. The average molecular weight is 454 g/mol. The SMILES string of the molecule is COc1ccc(CCC(=O)Nc2ccc(-c3ncc4n3CCCC4)cc2)cc1Br. The second-order valence-corrected chi connectivity index (χ2v) is 8.13. The zero-order valence-electron chi connectivity index (χ0n) is 16.5. The van der Waals surface area contributed by atoms with E-state index in [4.69, 9.17) is 4.74 Å². The fourth-order valence-corrected chi connectivity index (χ4v) is 4.30. The molecule has 0 atom stereocenters. The van der Waals surface area contributed by atoms with Crippen LogP contribution in [0.25, 0.3) is 11.4 Å². The molecule has 0 bridgehead atoms. The lowest BCUT2D eigenvalue weighted by Crippen LogP contribution is -2.12. The van der Waals surface area contributed by atoms with E-state index in [-0.39, 0.29) is 5.91 Å². The molecule has 0 saturated carbocycles. The summed E-state index contributed by atoms with van der Waals surface area (Å²) in [4.78, 5) is 16.9. The van der Waals surface area contributed by atoms with Gasteiger partial charge in [-0.05, 0) is 83.6 Å². The summed E-state index contributed by atoms with van der Waals surface area (Å²) < 4.78 is 8.45. The number of imidazole rings is 1. The van der Waals surface area contributed by atoms with Crippen LogP contribution in [0, 0.1) is 0 Å². The van der Waals surface area contributed by atoms with Crippen LogP contribution < -0.4 is 10.1 Å². The van der Waals surface area contributed by atoms with Crippen LogP contribution in [0.15, 0.2) is 53.1 Å². The molecule has 1 N–H and O–H groups in total. The summed E-state index contributed by atoms with van der Waals surface area (Å²) in [5, 5.41) is 2.98. The minimum absolute atomic E-state index is 0.00267. The molecular formula is C23H24BrN3O2. The molecule has 1 aliphatic rings. The molecule has 5 nitrogen and oxygen atoms in total. The van der Waals surface area contributed by atoms with Crippen LogP contribution in [-0.4, -0.2) is 22.6 Å². The summed E-state index contributed by atoms with van der Waals surface area (Å²) in [6.45, 7) is 1.03. The maximum Gasteiger partial charge on any atom is 0.224 e. The molecule has 0 aliphatic carbocycles. The van der Waals surface area contributed by atoms with Gasteiger partial charge in [0.1, 0.15) is 11.6 Å². The van der Waals surface area contributed by atoms with Gasteiger partial charge in [0, 0.05) is 36.1 Å². The maximum atomic E-state index is 12.3. The molecule has 1 aromatic heterocycles. The van der Waals surface area contributed by atoms with Gasteiger partial charge in [-0.3, -0.25) is 4.79 Å². The van der Waals surface area contributed by atoms with Gasteiger partial charge in [0.25, 0.3) is 0 Å². The Kier molecular flexibility index (Phi) is 6.00. The number of rotatable bonds is 6. The first-order chi connectivity index (χ1) is 14.1. The number of hydrogen-bond donors (Lipinski definition) is 1. The van der Waals surface area contributed by atoms with Crippen LogP contribution in [-0.2, 0) is 24.2 Å². The number of anilines is 1. The van der Waals surface area contributed by atoms with Gasteiger partial charge in [0.15, 0.2) is 0 Å². The van der Waals surface area contributed by atoms with Crippen molar-refractivity contribution in [3.05, 3.63) is 64.4 Å². The summed E-state index contributed by atoms with van der Waals surface area (Å²) >= 11 is 3.48. The van der Waals surface area contributed by atoms with E-state index in [1.54, 1.807) is 7.11 Å². The molecule has 0 unspecified atom stereocenters. The van der Waals surface area contributed by atoms with E-state index in [1.807, 2.05) is 48.7 Å². The number of ether oxygens (including phenoxy) is 1. The molecule has 0 spiro atoms. The lowest BCUT2D eigenvalue weighted by molar-refractivity contribution is -0.116. The zero-order chi connectivity index (χ0) is 20.2. The Balaban J connectivity index is 1.35. The van der Waals surface area contributed by atoms with Gasteiger partial charge < -0.3 is 14.6 Å². The van der Waals surface area contributed by atoms with Crippen LogP contribution >= 0.6 is 15.9 Å². The predicted molar refractivity (Wildman–Crippen MR) is 118 cm³/mol. The van der Waals surface area contributed by atoms with Crippen molar-refractivity contribution >= 4 is 27.5 Å². The van der Waals surface area contributed by atoms with Gasteiger partial charge in [-0.15, -0.1) is 0 Å². The Bertz CT molecular complexity index is 1010. The Hall–Kier alpha value is -2.60. The summed E-state index contributed by atoms with van der Waals surface area (Å²) in [7, 11) is 1.64. The number of methoxy groups -OCH3 is 1. The van der Waals surface area contributed by atoms with Crippen molar-refractivity contribution in [3.63, 3.8) is 0 Å². The molecule has 4 rings (SSSR count). The number of aryl methyl sites for hydroxylation is 2. The molecule has 0 saturated heterocycles. The highest BCUT2D eigenvalue weighted by atomic mass is 79.9. The molecule has 0 radical (unpaired) electrons. The highest BCUT2D eigenvalue weighted by molar-refractivity contribution is 9.10. The van der Waals surface area contributed by atoms with Gasteiger partial charge in [-0.1, -0.05) is 6.07 Å². The molecule has 6 heteroatoms. The smallest absolute Gasteiger partial charge is 0.224 e. The van der Waals surface area contributed by atoms with Crippen molar-refractivity contribution < 1.29 is 9.53 Å². The second kappa shape index (κ2) is 8.82. The van der Waals surface area contributed by atoms with E-state index in [9.17, 15) is 4.79 Å². The van der Waals surface area contributed by atoms with Gasteiger partial charge in [0.05, 0.1) is 11.6 Å². The van der Waals surface area contributed by atoms with Gasteiger partial charge in [-0.2, -0.15) is 0 Å². The van der Waals surface area contributed by atoms with Gasteiger partial charge in [0.2, 0.25) is 5.91 Å². The molecule has 29 heavy (non-hydrogen) atoms. The predicted octanol–water partition coefficient (Wildman–Crippen LogP) is 5.23. The van der Waals surface area contributed by atoms with E-state index in [0.717, 1.165) is 45.8 Å². The van der Waals surface area contributed by atoms with Crippen molar-refractivity contribution in [2.45, 2.75) is 38.6 Å². The average Bonchev–Trinajstić information content (AvgIpc) is 3.17. The molecule has 2 aromatic carbocycles. The lowest BCUT2D eigenvalue weighted by Gasteiger charge is -2.16. The van der Waals surface area contributed by atoms with Crippen LogP contribution in [0.3, 0.4) is 0 Å². The van der Waals surface area contributed by atoms with Crippen LogP contribution in [0.1, 0.15) is 30.5 Å². The van der Waals surface area contributed by atoms with Crippen molar-refractivity contribution in [1.82, 2.24) is 9.55 Å². The Morgan fingerprint density at radius 2 is 2.03 bits per heavy atom. The third kappa shape index (κ3) is 4.53. The van der Waals surface area contributed by atoms with Crippen LogP contribution in [0.5, 0.6) is 5.75 Å². The van der Waals surface area contributed by atoms with E-state index >= 15 is 0 Å². The normalized spacial score (nSPS) is 13.0. The Morgan fingerprint density at radius 3 is 2.79 bits per heavy atom. The Morgan fingerprint density at radius 1 is 1.21 bits per heavy atom. The molecule has 1 aliphatic heterocycles. The lowest BCUT2D eigenvalue weighted by atomic mass is 10.1. The number of fused-ring (bicyclic) bond motifs is 1. The number of amides is 1. The minimum Gasteiger partial charge on any atom is -0.496 e. The van der Waals surface area contributed by atoms with Gasteiger partial charge >= 0.3 is 0 Å². The van der Waals surface area contributed by atoms with Crippen molar-refractivity contribution in [2.75, 3.05) is 12.4 Å². The summed E-state index contributed by atoms with van der Waals surface area (Å²) in [6.07, 6.45) is 6.63. The van der Waals surface area contributed by atoms with Gasteiger partial charge in [-0.25, -0.2) is 4.98 Å². The van der Waals surface area contributed by atoms with Crippen molar-refractivity contribution in [2.24, 2.45) is 0 Å². The first-order valence-electron chi connectivity index (χ1n) is 9.91. The van der Waals surface area contributed by atoms with Crippen LogP contribution in [0.4, 0.5) is 5.69 Å². The number of nitrogens with one attached hydrogen (secondary N) is 1. The second-order valence-electron chi connectivity index (χ2n) is 7.28. The highest BCUT2D eigenvalue weighted by Crippen LogP contribution is 2.27. The number of nitrogens with zero attached hydrogens (tertiary/aromatic N) is 2. The third-order valence-corrected chi connectivity index (χ3v) is 5.91. The fourth-order valence-electron chi connectivity index (χ4n) is 3.72. The molecule has 0 fully saturated rings. The minimum atomic E-state index is 0.00267. The molecule has 150 valence electrons. The number of benzene rings is 2. The highest BCUT2D eigenvalue weighted by Gasteiger charge is 2.15. The maximum absolute atomic E-state index is 12.3. The fraction of sp³-hybridized carbons (Fsp3) is 0.304. The largest absolute Gasteiger partial charge is 0.496 e. The van der Waals surface area contributed by atoms with E-state index < -0.39 is 0 Å². The standard InChI is InChI=1S/C23H24BrN3O2/c1-29-21-11-5-16(14-20(21)24)6-12-22(28)26-18-9-7-17(8-10-18)23-25-15-19-4-2-3-13-27(19)23/h5,7-11,14-15H,2-4,6,12-13H2,1H3,(H,26,28). The summed E-state index contributed by atoms with van der Waals surface area (Å²) in [5.41, 5.74) is 4.29. The van der Waals surface area contributed by atoms with Crippen LogP contribution in [0.2, 0.25) is 0 Å². The molecule has 3 aromatic rings. The van der Waals surface area contributed by atoms with Crippen molar-refractivity contribution in [1.29, 1.82) is 0 Å². The number of aromatic nitrogens is 2. The zero-order valence-corrected chi connectivity index (χ0v) is 18.0. The number of hydrogen-bond acceptors (Lipinski definition) is 3. The number of halogens is 1. The van der Waals surface area contributed by atoms with Crippen molar-refractivity contribution in [3.8, 4) is 17.1 Å². The van der Waals surface area contributed by atoms with E-state index in [2.05, 4.69) is 30.8 Å². The summed E-state index contributed by atoms with van der Waals surface area (Å²) in [5.74, 6) is 1.81. The number of carbonyl (C=O) groups is 1. The monoisotopic (exact) mass is 453 g/mol. The third-order valence-electron chi connectivity index (χ3n) is 5.29. The number of carbonyl (C=O) groups excluding carboxylic acids is 1. The summed E-state index contributed by atoms with van der Waals surface area (Å²) in [6, 6.07) is 13.8. The quantitative estimate of drug-likeness (QED) is 0.555. The van der Waals surface area contributed by atoms with E-state index in [0.29, 0.717) is 12.8 Å². The molecule has 2 heterocycles. The Labute approximate surface area is 179 Å². The topological polar surface area (TPSA) is 56.1 Å². The first kappa shape index (κ1) is 19.7. The first-order valence-corrected chi connectivity index (χ1v) is 10.7.